The lowest BCUT2D eigenvalue weighted by molar-refractivity contribution is -0.140. The molecule has 31 heavy (non-hydrogen) atoms. The van der Waals surface area contributed by atoms with Crippen molar-refractivity contribution in [3.05, 3.63) is 29.3 Å². The van der Waals surface area contributed by atoms with Crippen LogP contribution >= 0.6 is 0 Å². The van der Waals surface area contributed by atoms with Crippen LogP contribution in [0.25, 0.3) is 0 Å². The maximum atomic E-state index is 14.0. The van der Waals surface area contributed by atoms with Crippen LogP contribution in [-0.4, -0.2) is 5.97 Å². The lowest BCUT2D eigenvalue weighted by Crippen LogP contribution is -2.26. The van der Waals surface area contributed by atoms with E-state index in [1.54, 1.807) is 6.07 Å². The SMILES string of the molecule is CCCCC1CCC(CCC2CCC(C(=O)Oc3ccc(C#N)c(F)c3F)CC2)CC1. The number of esters is 1. The Hall–Kier alpha value is -1.96. The molecule has 0 atom stereocenters. The minimum atomic E-state index is -1.27. The van der Waals surface area contributed by atoms with E-state index in [0.717, 1.165) is 49.7 Å². The fraction of sp³-hybridized carbons (Fsp3) is 0.692. The van der Waals surface area contributed by atoms with Gasteiger partial charge < -0.3 is 4.74 Å². The molecule has 0 heterocycles. The number of carbonyl (C=O) groups is 1. The summed E-state index contributed by atoms with van der Waals surface area (Å²) in [6.07, 6.45) is 15.6. The Kier molecular flexibility index (Phi) is 8.87. The number of halogens is 2. The summed E-state index contributed by atoms with van der Waals surface area (Å²) in [6.45, 7) is 2.27. The molecule has 2 fully saturated rings. The van der Waals surface area contributed by atoms with Gasteiger partial charge >= 0.3 is 5.97 Å². The summed E-state index contributed by atoms with van der Waals surface area (Å²) in [6, 6.07) is 3.86. The molecular formula is C26H35F2NO2. The second-order valence-corrected chi connectivity index (χ2v) is 9.60. The smallest absolute Gasteiger partial charge is 0.314 e. The molecule has 0 N–H and O–H groups in total. The minimum Gasteiger partial charge on any atom is -0.423 e. The molecule has 0 unspecified atom stereocenters. The van der Waals surface area contributed by atoms with Crippen LogP contribution in [0.15, 0.2) is 12.1 Å². The van der Waals surface area contributed by atoms with E-state index in [-0.39, 0.29) is 5.92 Å². The van der Waals surface area contributed by atoms with Crippen LogP contribution < -0.4 is 4.74 Å². The van der Waals surface area contributed by atoms with E-state index in [1.165, 1.54) is 57.8 Å². The van der Waals surface area contributed by atoms with Crippen LogP contribution in [0.4, 0.5) is 8.78 Å². The molecule has 5 heteroatoms. The van der Waals surface area contributed by atoms with Crippen LogP contribution in [0.3, 0.4) is 0 Å². The highest BCUT2D eigenvalue weighted by Crippen LogP contribution is 2.38. The fourth-order valence-corrected chi connectivity index (χ4v) is 5.35. The van der Waals surface area contributed by atoms with Crippen LogP contribution in [0.1, 0.15) is 96.0 Å². The van der Waals surface area contributed by atoms with Crippen molar-refractivity contribution in [2.75, 3.05) is 0 Å². The maximum Gasteiger partial charge on any atom is 0.314 e. The standard InChI is InChI=1S/C26H35F2NO2/c1-2-3-4-18-5-7-19(8-6-18)9-10-20-11-13-21(14-12-20)26(30)31-23-16-15-22(17-29)24(27)25(23)28/h15-16,18-21H,2-14H2,1H3. The van der Waals surface area contributed by atoms with Gasteiger partial charge in [-0.05, 0) is 55.6 Å². The second-order valence-electron chi connectivity index (χ2n) is 9.60. The monoisotopic (exact) mass is 431 g/mol. The van der Waals surface area contributed by atoms with Gasteiger partial charge in [0.25, 0.3) is 0 Å². The molecule has 2 aliphatic carbocycles. The van der Waals surface area contributed by atoms with Gasteiger partial charge in [0.15, 0.2) is 11.6 Å². The van der Waals surface area contributed by atoms with Crippen molar-refractivity contribution in [1.82, 2.24) is 0 Å². The zero-order chi connectivity index (χ0) is 22.2. The predicted octanol–water partition coefficient (Wildman–Crippen LogP) is 7.33. The fourth-order valence-electron chi connectivity index (χ4n) is 5.35. The lowest BCUT2D eigenvalue weighted by Gasteiger charge is -2.31. The van der Waals surface area contributed by atoms with Gasteiger partial charge in [-0.2, -0.15) is 9.65 Å². The number of unbranched alkanes of at least 4 members (excludes halogenated alkanes) is 1. The first-order valence-corrected chi connectivity index (χ1v) is 12.1. The molecule has 0 aliphatic heterocycles. The molecule has 0 saturated heterocycles. The van der Waals surface area contributed by atoms with Crippen molar-refractivity contribution < 1.29 is 18.3 Å². The van der Waals surface area contributed by atoms with E-state index in [4.69, 9.17) is 10.00 Å². The van der Waals surface area contributed by atoms with Crippen LogP contribution in [0.2, 0.25) is 0 Å². The molecule has 1 aromatic rings. The van der Waals surface area contributed by atoms with Gasteiger partial charge in [-0.3, -0.25) is 4.79 Å². The molecule has 3 nitrogen and oxygen atoms in total. The van der Waals surface area contributed by atoms with E-state index < -0.39 is 28.9 Å². The first kappa shape index (κ1) is 23.7. The number of ether oxygens (including phenoxy) is 1. The van der Waals surface area contributed by atoms with Crippen LogP contribution in [0.5, 0.6) is 5.75 Å². The summed E-state index contributed by atoms with van der Waals surface area (Å²) in [7, 11) is 0. The van der Waals surface area contributed by atoms with Crippen LogP contribution in [-0.2, 0) is 4.79 Å². The maximum absolute atomic E-state index is 14.0. The third kappa shape index (κ3) is 6.51. The summed E-state index contributed by atoms with van der Waals surface area (Å²) in [5.41, 5.74) is -0.396. The molecule has 170 valence electrons. The van der Waals surface area contributed by atoms with Crippen molar-refractivity contribution >= 4 is 5.97 Å². The van der Waals surface area contributed by atoms with E-state index in [2.05, 4.69) is 6.92 Å². The number of nitrogens with zero attached hydrogens (tertiary/aromatic N) is 1. The van der Waals surface area contributed by atoms with Gasteiger partial charge in [-0.1, -0.05) is 64.7 Å². The topological polar surface area (TPSA) is 50.1 Å². The first-order valence-electron chi connectivity index (χ1n) is 12.1. The quantitative estimate of drug-likeness (QED) is 0.320. The zero-order valence-electron chi connectivity index (χ0n) is 18.7. The Morgan fingerprint density at radius 3 is 2.03 bits per heavy atom. The van der Waals surface area contributed by atoms with Gasteiger partial charge in [0.05, 0.1) is 11.5 Å². The van der Waals surface area contributed by atoms with E-state index >= 15 is 0 Å². The summed E-state index contributed by atoms with van der Waals surface area (Å²) in [5.74, 6) is -1.25. The van der Waals surface area contributed by atoms with Crippen LogP contribution in [0, 0.1) is 46.6 Å². The Balaban J connectivity index is 1.38. The predicted molar refractivity (Wildman–Crippen MR) is 116 cm³/mol. The number of hydrogen-bond acceptors (Lipinski definition) is 3. The van der Waals surface area contributed by atoms with Crippen molar-refractivity contribution in [2.24, 2.45) is 23.7 Å². The molecule has 0 aromatic heterocycles. The Bertz CT molecular complexity index is 772. The lowest BCUT2D eigenvalue weighted by atomic mass is 9.75. The van der Waals surface area contributed by atoms with Gasteiger partial charge in [0.1, 0.15) is 6.07 Å². The van der Waals surface area contributed by atoms with Crippen molar-refractivity contribution in [1.29, 1.82) is 5.26 Å². The summed E-state index contributed by atoms with van der Waals surface area (Å²) in [5, 5.41) is 8.75. The van der Waals surface area contributed by atoms with E-state index in [0.29, 0.717) is 5.92 Å². The zero-order valence-corrected chi connectivity index (χ0v) is 18.7. The van der Waals surface area contributed by atoms with Gasteiger partial charge in [0, 0.05) is 0 Å². The molecule has 3 rings (SSSR count). The summed E-state index contributed by atoms with van der Waals surface area (Å²) in [4.78, 5) is 12.4. The van der Waals surface area contributed by atoms with Gasteiger partial charge in [-0.15, -0.1) is 0 Å². The van der Waals surface area contributed by atoms with Crippen molar-refractivity contribution in [3.8, 4) is 11.8 Å². The highest BCUT2D eigenvalue weighted by molar-refractivity contribution is 5.75. The Labute approximate surface area is 185 Å². The molecule has 0 radical (unpaired) electrons. The van der Waals surface area contributed by atoms with E-state index in [1.807, 2.05) is 0 Å². The molecule has 2 saturated carbocycles. The average Bonchev–Trinajstić information content (AvgIpc) is 2.80. The van der Waals surface area contributed by atoms with E-state index in [9.17, 15) is 13.6 Å². The number of nitriles is 1. The number of carbonyl (C=O) groups excluding carboxylic acids is 1. The minimum absolute atomic E-state index is 0.261. The summed E-state index contributed by atoms with van der Waals surface area (Å²) < 4.78 is 32.9. The molecule has 0 amide bonds. The number of rotatable bonds is 8. The molecular weight excluding hydrogens is 396 g/mol. The number of hydrogen-bond donors (Lipinski definition) is 0. The highest BCUT2D eigenvalue weighted by Gasteiger charge is 2.29. The number of benzene rings is 1. The van der Waals surface area contributed by atoms with Crippen molar-refractivity contribution in [2.45, 2.75) is 90.4 Å². The Morgan fingerprint density at radius 2 is 1.48 bits per heavy atom. The average molecular weight is 432 g/mol. The highest BCUT2D eigenvalue weighted by atomic mass is 19.2. The normalized spacial score (nSPS) is 26.3. The third-order valence-electron chi connectivity index (χ3n) is 7.47. The molecule has 2 aliphatic rings. The Morgan fingerprint density at radius 1 is 0.935 bits per heavy atom. The first-order chi connectivity index (χ1) is 15.0. The second kappa shape index (κ2) is 11.6. The van der Waals surface area contributed by atoms with Gasteiger partial charge in [0.2, 0.25) is 5.82 Å². The van der Waals surface area contributed by atoms with Crippen molar-refractivity contribution in [3.63, 3.8) is 0 Å². The molecule has 1 aromatic carbocycles. The summed E-state index contributed by atoms with van der Waals surface area (Å²) >= 11 is 0. The molecule has 0 spiro atoms. The largest absolute Gasteiger partial charge is 0.423 e. The third-order valence-corrected chi connectivity index (χ3v) is 7.47. The molecule has 0 bridgehead atoms. The van der Waals surface area contributed by atoms with Gasteiger partial charge in [-0.25, -0.2) is 4.39 Å².